The summed E-state index contributed by atoms with van der Waals surface area (Å²) in [6.45, 7) is 6.84. The lowest BCUT2D eigenvalue weighted by Crippen LogP contribution is -2.55. The number of carbonyl (C=O) groups is 2. The number of benzene rings is 4. The molecule has 4 aromatic rings. The molecule has 4 aromatic carbocycles. The van der Waals surface area contributed by atoms with Crippen LogP contribution in [0.1, 0.15) is 39.7 Å². The van der Waals surface area contributed by atoms with Crippen LogP contribution in [0, 0.1) is 0 Å². The van der Waals surface area contributed by atoms with E-state index in [1.54, 1.807) is 66.7 Å². The highest BCUT2D eigenvalue weighted by Crippen LogP contribution is 2.29. The van der Waals surface area contributed by atoms with Crippen molar-refractivity contribution >= 4 is 39.1 Å². The highest BCUT2D eigenvalue weighted by atomic mass is 35.5. The molecular formula is C35H38ClN3O5S. The predicted molar refractivity (Wildman–Crippen MR) is 178 cm³/mol. The van der Waals surface area contributed by atoms with Crippen molar-refractivity contribution in [3.8, 4) is 11.5 Å². The fourth-order valence-electron chi connectivity index (χ4n) is 4.74. The first-order valence-corrected chi connectivity index (χ1v) is 16.5. The van der Waals surface area contributed by atoms with Gasteiger partial charge in [0, 0.05) is 17.1 Å². The minimum absolute atomic E-state index is 0.0116. The monoisotopic (exact) mass is 647 g/mol. The lowest BCUT2D eigenvalue weighted by Gasteiger charge is -2.35. The smallest absolute Gasteiger partial charge is 0.264 e. The Hall–Kier alpha value is -4.34. The molecule has 0 aromatic heterocycles. The van der Waals surface area contributed by atoms with Crippen molar-refractivity contribution in [2.24, 2.45) is 0 Å². The Morgan fingerprint density at radius 1 is 0.822 bits per heavy atom. The number of amides is 2. The van der Waals surface area contributed by atoms with Crippen molar-refractivity contribution in [3.63, 3.8) is 0 Å². The number of hydrogen-bond acceptors (Lipinski definition) is 5. The molecule has 0 saturated heterocycles. The largest absolute Gasteiger partial charge is 0.457 e. The van der Waals surface area contributed by atoms with Crippen LogP contribution in [0.5, 0.6) is 11.5 Å². The fourth-order valence-corrected chi connectivity index (χ4v) is 6.37. The summed E-state index contributed by atoms with van der Waals surface area (Å²) in [5, 5.41) is 3.40. The van der Waals surface area contributed by atoms with Gasteiger partial charge >= 0.3 is 0 Å². The number of halogens is 1. The molecule has 0 spiro atoms. The molecular weight excluding hydrogens is 610 g/mol. The molecule has 10 heteroatoms. The Morgan fingerprint density at radius 3 is 1.96 bits per heavy atom. The van der Waals surface area contributed by atoms with Crippen molar-refractivity contribution in [1.82, 2.24) is 10.2 Å². The van der Waals surface area contributed by atoms with Crippen molar-refractivity contribution < 1.29 is 22.7 Å². The quantitative estimate of drug-likeness (QED) is 0.178. The third kappa shape index (κ3) is 8.86. The third-order valence-electron chi connectivity index (χ3n) is 6.90. The Labute approximate surface area is 270 Å². The minimum Gasteiger partial charge on any atom is -0.457 e. The number of sulfonamides is 1. The number of rotatable bonds is 12. The second kappa shape index (κ2) is 14.6. The molecule has 236 valence electrons. The van der Waals surface area contributed by atoms with E-state index < -0.39 is 34.1 Å². The van der Waals surface area contributed by atoms with E-state index in [1.165, 1.54) is 17.0 Å². The molecule has 0 aliphatic heterocycles. The molecule has 0 aliphatic carbocycles. The van der Waals surface area contributed by atoms with Gasteiger partial charge in [-0.1, -0.05) is 73.1 Å². The molecule has 0 fully saturated rings. The maximum absolute atomic E-state index is 14.3. The zero-order chi connectivity index (χ0) is 32.6. The van der Waals surface area contributed by atoms with Gasteiger partial charge in [-0.25, -0.2) is 8.42 Å². The van der Waals surface area contributed by atoms with E-state index in [9.17, 15) is 18.0 Å². The molecule has 0 aliphatic rings. The van der Waals surface area contributed by atoms with E-state index >= 15 is 0 Å². The topological polar surface area (TPSA) is 96.0 Å². The lowest BCUT2D eigenvalue weighted by atomic mass is 10.1. The number of carbonyl (C=O) groups excluding carboxylic acids is 2. The van der Waals surface area contributed by atoms with Gasteiger partial charge in [0.2, 0.25) is 11.8 Å². The van der Waals surface area contributed by atoms with Crippen LogP contribution in [0.3, 0.4) is 0 Å². The van der Waals surface area contributed by atoms with Crippen LogP contribution < -0.4 is 14.4 Å². The second-order valence-electron chi connectivity index (χ2n) is 11.5. The van der Waals surface area contributed by atoms with E-state index in [0.717, 1.165) is 4.31 Å². The summed E-state index contributed by atoms with van der Waals surface area (Å²) in [4.78, 5) is 29.2. The number of nitrogens with one attached hydrogen (secondary N) is 1. The summed E-state index contributed by atoms with van der Waals surface area (Å²) in [5.41, 5.74) is 0.350. The van der Waals surface area contributed by atoms with E-state index in [0.29, 0.717) is 28.5 Å². The highest BCUT2D eigenvalue weighted by Gasteiger charge is 2.34. The zero-order valence-electron chi connectivity index (χ0n) is 25.8. The Balaban J connectivity index is 1.73. The molecule has 1 unspecified atom stereocenters. The fraction of sp³-hybridized carbons (Fsp3) is 0.257. The summed E-state index contributed by atoms with van der Waals surface area (Å²) in [6.07, 6.45) is 0.301. The van der Waals surface area contributed by atoms with Crippen LogP contribution in [-0.2, 0) is 26.2 Å². The SMILES string of the molecule is CCC(C(=O)NC(C)(C)C)N(Cc1ccccc1Cl)C(=O)CN(c1ccc(Oc2ccccc2)cc1)S(=O)(=O)c1ccccc1. The molecule has 4 rings (SSSR count). The molecule has 1 atom stereocenters. The molecule has 1 N–H and O–H groups in total. The van der Waals surface area contributed by atoms with E-state index in [-0.39, 0.29) is 23.0 Å². The molecule has 0 radical (unpaired) electrons. The maximum atomic E-state index is 14.3. The van der Waals surface area contributed by atoms with Gasteiger partial charge in [0.1, 0.15) is 24.1 Å². The highest BCUT2D eigenvalue weighted by molar-refractivity contribution is 7.92. The Kier molecular flexibility index (Phi) is 10.9. The van der Waals surface area contributed by atoms with Gasteiger partial charge in [-0.15, -0.1) is 0 Å². The number of hydrogen-bond donors (Lipinski definition) is 1. The normalized spacial score (nSPS) is 12.2. The minimum atomic E-state index is -4.20. The van der Waals surface area contributed by atoms with Gasteiger partial charge < -0.3 is 15.0 Å². The van der Waals surface area contributed by atoms with Crippen molar-refractivity contribution in [2.45, 2.75) is 57.1 Å². The standard InChI is InChI=1S/C35H38ClN3O5S/c1-5-32(34(41)37-35(2,3)4)38(24-26-14-12-13-19-31(26)36)33(40)25-39(45(42,43)30-17-10-7-11-18-30)27-20-22-29(23-21-27)44-28-15-8-6-9-16-28/h6-23,32H,5,24-25H2,1-4H3,(H,37,41). The number of para-hydroxylation sites is 1. The summed E-state index contributed by atoms with van der Waals surface area (Å²) < 4.78 is 35.1. The van der Waals surface area contributed by atoms with Gasteiger partial charge in [-0.05, 0) is 87.4 Å². The van der Waals surface area contributed by atoms with E-state index in [2.05, 4.69) is 5.32 Å². The third-order valence-corrected chi connectivity index (χ3v) is 9.05. The van der Waals surface area contributed by atoms with E-state index in [4.69, 9.17) is 16.3 Å². The van der Waals surface area contributed by atoms with Crippen LogP contribution >= 0.6 is 11.6 Å². The first-order chi connectivity index (χ1) is 21.4. The Morgan fingerprint density at radius 2 is 1.38 bits per heavy atom. The van der Waals surface area contributed by atoms with Crippen LogP contribution in [0.15, 0.2) is 114 Å². The number of nitrogens with zero attached hydrogens (tertiary/aromatic N) is 2. The number of anilines is 1. The van der Waals surface area contributed by atoms with Crippen LogP contribution in [0.2, 0.25) is 5.02 Å². The summed E-state index contributed by atoms with van der Waals surface area (Å²) >= 11 is 6.48. The zero-order valence-corrected chi connectivity index (χ0v) is 27.4. The van der Waals surface area contributed by atoms with Crippen molar-refractivity contribution in [1.29, 1.82) is 0 Å². The summed E-state index contributed by atoms with van der Waals surface area (Å²) in [5.74, 6) is 0.224. The average Bonchev–Trinajstić information content (AvgIpc) is 3.01. The van der Waals surface area contributed by atoms with Crippen LogP contribution in [-0.4, -0.2) is 43.3 Å². The van der Waals surface area contributed by atoms with Crippen LogP contribution in [0.4, 0.5) is 5.69 Å². The maximum Gasteiger partial charge on any atom is 0.264 e. The first kappa shape index (κ1) is 33.6. The molecule has 8 nitrogen and oxygen atoms in total. The molecule has 2 amide bonds. The molecule has 0 bridgehead atoms. The van der Waals surface area contributed by atoms with E-state index in [1.807, 2.05) is 58.0 Å². The predicted octanol–water partition coefficient (Wildman–Crippen LogP) is 7.05. The lowest BCUT2D eigenvalue weighted by molar-refractivity contribution is -0.141. The molecule has 45 heavy (non-hydrogen) atoms. The average molecular weight is 648 g/mol. The summed E-state index contributed by atoms with van der Waals surface area (Å²) in [6, 6.07) is 29.8. The molecule has 0 heterocycles. The Bertz CT molecular complexity index is 1690. The molecule has 0 saturated carbocycles. The van der Waals surface area contributed by atoms with Gasteiger partial charge in [0.25, 0.3) is 10.0 Å². The van der Waals surface area contributed by atoms with Gasteiger partial charge in [-0.3, -0.25) is 13.9 Å². The van der Waals surface area contributed by atoms with Gasteiger partial charge in [-0.2, -0.15) is 0 Å². The van der Waals surface area contributed by atoms with Crippen LogP contribution in [0.25, 0.3) is 0 Å². The van der Waals surface area contributed by atoms with Gasteiger partial charge in [0.15, 0.2) is 0 Å². The van der Waals surface area contributed by atoms with Crippen molar-refractivity contribution in [3.05, 3.63) is 120 Å². The number of ether oxygens (including phenoxy) is 1. The second-order valence-corrected chi connectivity index (χ2v) is 13.8. The summed E-state index contributed by atoms with van der Waals surface area (Å²) in [7, 11) is -4.20. The van der Waals surface area contributed by atoms with Gasteiger partial charge in [0.05, 0.1) is 10.6 Å². The first-order valence-electron chi connectivity index (χ1n) is 14.6. The van der Waals surface area contributed by atoms with Crippen molar-refractivity contribution in [2.75, 3.05) is 10.8 Å².